The third-order valence-electron chi connectivity index (χ3n) is 2.53. The molecule has 1 atom stereocenters. The number of hydrogen-bond acceptors (Lipinski definition) is 6. The summed E-state index contributed by atoms with van der Waals surface area (Å²) in [6.45, 7) is 0.174. The van der Waals surface area contributed by atoms with Crippen LogP contribution in [0.3, 0.4) is 0 Å². The van der Waals surface area contributed by atoms with Crippen molar-refractivity contribution in [2.24, 2.45) is 5.73 Å². The van der Waals surface area contributed by atoms with E-state index in [9.17, 15) is 24.8 Å². The van der Waals surface area contributed by atoms with Gasteiger partial charge in [0.2, 0.25) is 5.03 Å². The summed E-state index contributed by atoms with van der Waals surface area (Å²) in [5, 5.41) is 22.5. The number of nitro groups is 1. The van der Waals surface area contributed by atoms with Gasteiger partial charge in [-0.3, -0.25) is 15.5 Å². The molecule has 22 heavy (non-hydrogen) atoms. The first-order chi connectivity index (χ1) is 10.4. The fraction of sp³-hybridized carbons (Fsp3) is 0.364. The van der Waals surface area contributed by atoms with Crippen molar-refractivity contribution in [1.82, 2.24) is 10.7 Å². The minimum absolute atomic E-state index is 0.0165. The number of rotatable bonds is 8. The second-order valence-electron chi connectivity index (χ2n) is 4.17. The summed E-state index contributed by atoms with van der Waals surface area (Å²) in [5.41, 5.74) is 6.94. The van der Waals surface area contributed by atoms with Crippen LogP contribution < -0.4 is 26.6 Å². The molecule has 0 fully saturated rings. The Morgan fingerprint density at radius 3 is 2.77 bits per heavy atom. The van der Waals surface area contributed by atoms with E-state index in [1.165, 1.54) is 18.4 Å². The highest BCUT2D eigenvalue weighted by atomic mass is 16.7. The van der Waals surface area contributed by atoms with E-state index in [0.717, 1.165) is 0 Å². The molecule has 1 aromatic heterocycles. The normalized spacial score (nSPS) is 12.5. The third kappa shape index (κ3) is 5.90. The van der Waals surface area contributed by atoms with Crippen LogP contribution in [0.15, 0.2) is 22.8 Å². The molecule has 0 bridgehead atoms. The number of carbonyl (C=O) groups excluding carboxylic acids is 2. The Morgan fingerprint density at radius 2 is 2.23 bits per heavy atom. The van der Waals surface area contributed by atoms with Crippen LogP contribution >= 0.6 is 0 Å². The van der Waals surface area contributed by atoms with E-state index in [1.54, 1.807) is 5.43 Å². The van der Waals surface area contributed by atoms with Crippen LogP contribution in [0.5, 0.6) is 0 Å². The van der Waals surface area contributed by atoms with Gasteiger partial charge in [0.1, 0.15) is 0 Å². The van der Waals surface area contributed by atoms with Crippen LogP contribution in [0.25, 0.3) is 0 Å². The largest absolute Gasteiger partial charge is 0.548 e. The van der Waals surface area contributed by atoms with E-state index in [-0.39, 0.29) is 31.1 Å². The molecule has 5 N–H and O–H groups in total. The summed E-state index contributed by atoms with van der Waals surface area (Å²) in [4.78, 5) is 35.2. The van der Waals surface area contributed by atoms with Crippen LogP contribution in [-0.2, 0) is 4.79 Å². The molecule has 1 amide bonds. The van der Waals surface area contributed by atoms with Gasteiger partial charge in [-0.15, -0.1) is 0 Å². The van der Waals surface area contributed by atoms with Crippen LogP contribution in [0.1, 0.15) is 23.4 Å². The topological polar surface area (TPSA) is 178 Å². The summed E-state index contributed by atoms with van der Waals surface area (Å²) in [7, 11) is 0. The second-order valence-corrected chi connectivity index (χ2v) is 4.17. The maximum Gasteiger partial charge on any atom is 0.403 e. The number of carbonyl (C=O) groups is 2. The fourth-order valence-corrected chi connectivity index (χ4v) is 1.55. The first kappa shape index (κ1) is 16.9. The van der Waals surface area contributed by atoms with Crippen molar-refractivity contribution in [3.63, 3.8) is 0 Å². The van der Waals surface area contributed by atoms with Crippen molar-refractivity contribution in [3.05, 3.63) is 34.3 Å². The van der Waals surface area contributed by atoms with Crippen molar-refractivity contribution >= 4 is 17.8 Å². The number of hydrogen-bond donors (Lipinski definition) is 4. The Labute approximate surface area is 124 Å². The van der Waals surface area contributed by atoms with Gasteiger partial charge in [0.15, 0.2) is 5.76 Å². The minimum Gasteiger partial charge on any atom is -0.548 e. The molecule has 0 aliphatic heterocycles. The van der Waals surface area contributed by atoms with E-state index < -0.39 is 23.0 Å². The zero-order valence-electron chi connectivity index (χ0n) is 11.4. The van der Waals surface area contributed by atoms with Crippen molar-refractivity contribution in [1.29, 1.82) is 0 Å². The van der Waals surface area contributed by atoms with Crippen LogP contribution in [0, 0.1) is 10.1 Å². The Balaban J connectivity index is 2.43. The molecule has 0 saturated carbocycles. The molecule has 0 saturated heterocycles. The van der Waals surface area contributed by atoms with Crippen molar-refractivity contribution in [2.45, 2.75) is 18.9 Å². The lowest BCUT2D eigenvalue weighted by molar-refractivity contribution is -0.547. The maximum atomic E-state index is 11.7. The molecule has 0 aromatic carbocycles. The molecule has 0 aliphatic carbocycles. The van der Waals surface area contributed by atoms with Gasteiger partial charge < -0.3 is 19.6 Å². The lowest BCUT2D eigenvalue weighted by atomic mass is 10.1. The molecule has 0 unspecified atom stereocenters. The highest BCUT2D eigenvalue weighted by Gasteiger charge is 2.16. The van der Waals surface area contributed by atoms with Crippen LogP contribution in [0.2, 0.25) is 0 Å². The Kier molecular flexibility index (Phi) is 6.34. The molecule has 0 spiro atoms. The number of nitrogens with zero attached hydrogens (tertiary/aromatic N) is 1. The standard InChI is InChI=1S/C11H15N5O6/c12-11(15-16(20)21)13-5-1-3-7(10(18)19)14-9(17)8-4-2-6-22-8/h2,4,6-7H,1,3,5H2,(H,14,17)(H,18,19)(H3,12,13,15)/t7-/m0/s1. The second kappa shape index (κ2) is 8.24. The van der Waals surface area contributed by atoms with Gasteiger partial charge in [-0.05, 0) is 25.0 Å². The fourth-order valence-electron chi connectivity index (χ4n) is 1.55. The summed E-state index contributed by atoms with van der Waals surface area (Å²) in [5.74, 6) is -2.40. The summed E-state index contributed by atoms with van der Waals surface area (Å²) in [6, 6.07) is 1.67. The number of carboxylic acid groups (broad SMARTS) is 1. The molecular weight excluding hydrogens is 298 g/mol. The average molecular weight is 313 g/mol. The highest BCUT2D eigenvalue weighted by Crippen LogP contribution is 2.02. The molecule has 120 valence electrons. The molecule has 1 rings (SSSR count). The number of amides is 1. The smallest absolute Gasteiger partial charge is 0.403 e. The quantitative estimate of drug-likeness (QED) is 0.124. The van der Waals surface area contributed by atoms with Crippen molar-refractivity contribution < 1.29 is 29.1 Å². The SMILES string of the molecule is NC(N[N+](=O)[O-])=[NH+]CCC[C@H](NC(=O)c1ccco1)C(=O)[O-]. The molecule has 0 radical (unpaired) electrons. The number of nitrogens with two attached hydrogens (primary N) is 1. The van der Waals surface area contributed by atoms with Gasteiger partial charge in [-0.25, -0.2) is 10.1 Å². The monoisotopic (exact) mass is 313 g/mol. The molecule has 1 aromatic rings. The number of nitrogens with one attached hydrogen (secondary N) is 3. The van der Waals surface area contributed by atoms with Crippen LogP contribution in [0.4, 0.5) is 0 Å². The van der Waals surface area contributed by atoms with Crippen molar-refractivity contribution in [3.8, 4) is 0 Å². The number of carboxylic acids is 1. The van der Waals surface area contributed by atoms with E-state index in [0.29, 0.717) is 0 Å². The minimum atomic E-state index is -1.44. The van der Waals surface area contributed by atoms with Gasteiger partial charge in [0, 0.05) is 5.43 Å². The predicted octanol–water partition coefficient (Wildman–Crippen LogP) is -3.92. The molecule has 1 heterocycles. The Bertz CT molecular complexity index is 555. The number of hydrazine groups is 1. The molecule has 11 nitrogen and oxygen atoms in total. The number of aliphatic carboxylic acids is 1. The molecule has 11 heteroatoms. The van der Waals surface area contributed by atoms with Crippen LogP contribution in [-0.4, -0.2) is 35.5 Å². The van der Waals surface area contributed by atoms with E-state index >= 15 is 0 Å². The summed E-state index contributed by atoms with van der Waals surface area (Å²) < 4.78 is 4.84. The number of furan rings is 1. The van der Waals surface area contributed by atoms with E-state index in [4.69, 9.17) is 10.2 Å². The lowest BCUT2D eigenvalue weighted by Crippen LogP contribution is -2.79. The van der Waals surface area contributed by atoms with Gasteiger partial charge >= 0.3 is 5.96 Å². The molecule has 0 aliphatic rings. The van der Waals surface area contributed by atoms with Gasteiger partial charge in [0.25, 0.3) is 5.91 Å². The highest BCUT2D eigenvalue weighted by molar-refractivity contribution is 5.93. The first-order valence-corrected chi connectivity index (χ1v) is 6.22. The lowest BCUT2D eigenvalue weighted by Gasteiger charge is -2.18. The predicted molar refractivity (Wildman–Crippen MR) is 69.4 cm³/mol. The van der Waals surface area contributed by atoms with Crippen molar-refractivity contribution in [2.75, 3.05) is 6.54 Å². The molecular formula is C11H15N5O6. The van der Waals surface area contributed by atoms with Gasteiger partial charge in [-0.1, -0.05) is 0 Å². The average Bonchev–Trinajstić information content (AvgIpc) is 2.95. The zero-order valence-corrected chi connectivity index (χ0v) is 11.4. The van der Waals surface area contributed by atoms with Gasteiger partial charge in [0.05, 0.1) is 24.8 Å². The Hall–Kier alpha value is -3.11. The van der Waals surface area contributed by atoms with E-state index in [1.807, 2.05) is 0 Å². The first-order valence-electron chi connectivity index (χ1n) is 6.22. The Morgan fingerprint density at radius 1 is 1.50 bits per heavy atom. The zero-order chi connectivity index (χ0) is 16.5. The number of guanidine groups is 1. The third-order valence-corrected chi connectivity index (χ3v) is 2.53. The van der Waals surface area contributed by atoms with Gasteiger partial charge in [-0.2, -0.15) is 0 Å². The van der Waals surface area contributed by atoms with E-state index in [2.05, 4.69) is 10.3 Å². The summed E-state index contributed by atoms with van der Waals surface area (Å²) in [6.07, 6.45) is 1.61. The maximum absolute atomic E-state index is 11.7. The summed E-state index contributed by atoms with van der Waals surface area (Å²) >= 11 is 0.